The Labute approximate surface area is 125 Å². The van der Waals surface area contributed by atoms with E-state index in [1.807, 2.05) is 6.07 Å². The topological polar surface area (TPSA) is 78.4 Å². The van der Waals surface area contributed by atoms with Crippen molar-refractivity contribution in [1.82, 2.24) is 5.32 Å². The van der Waals surface area contributed by atoms with E-state index in [0.717, 1.165) is 19.3 Å². The zero-order chi connectivity index (χ0) is 14.5. The SMILES string of the molecule is O=C(NCC1CCCC1O)C(=O)Nc1ccccc1Br. The van der Waals surface area contributed by atoms with E-state index < -0.39 is 11.8 Å². The highest BCUT2D eigenvalue weighted by Crippen LogP contribution is 2.24. The van der Waals surface area contributed by atoms with Crippen LogP contribution < -0.4 is 10.6 Å². The molecule has 108 valence electrons. The van der Waals surface area contributed by atoms with Crippen LogP contribution in [0.5, 0.6) is 0 Å². The molecule has 0 aromatic heterocycles. The minimum absolute atomic E-state index is 0.0511. The van der Waals surface area contributed by atoms with Crippen LogP contribution in [0.2, 0.25) is 0 Å². The Kier molecular flexibility index (Phi) is 5.14. The molecule has 0 spiro atoms. The van der Waals surface area contributed by atoms with Crippen LogP contribution in [-0.4, -0.2) is 29.6 Å². The first-order chi connectivity index (χ1) is 9.58. The zero-order valence-corrected chi connectivity index (χ0v) is 12.5. The van der Waals surface area contributed by atoms with Crippen molar-refractivity contribution in [2.45, 2.75) is 25.4 Å². The van der Waals surface area contributed by atoms with E-state index in [0.29, 0.717) is 16.7 Å². The molecule has 0 heterocycles. The van der Waals surface area contributed by atoms with Crippen molar-refractivity contribution in [2.24, 2.45) is 5.92 Å². The fourth-order valence-electron chi connectivity index (χ4n) is 2.30. The average Bonchev–Trinajstić information content (AvgIpc) is 2.84. The van der Waals surface area contributed by atoms with Gasteiger partial charge in [0.25, 0.3) is 0 Å². The van der Waals surface area contributed by atoms with Gasteiger partial charge in [-0.3, -0.25) is 9.59 Å². The van der Waals surface area contributed by atoms with Gasteiger partial charge in [-0.05, 0) is 40.9 Å². The molecule has 1 aromatic rings. The summed E-state index contributed by atoms with van der Waals surface area (Å²) in [4.78, 5) is 23.4. The van der Waals surface area contributed by atoms with Crippen molar-refractivity contribution in [3.63, 3.8) is 0 Å². The maximum atomic E-state index is 11.7. The number of carbonyl (C=O) groups excluding carboxylic acids is 2. The van der Waals surface area contributed by atoms with E-state index in [4.69, 9.17) is 0 Å². The molecule has 0 bridgehead atoms. The number of aliphatic hydroxyl groups is 1. The maximum Gasteiger partial charge on any atom is 0.313 e. The summed E-state index contributed by atoms with van der Waals surface area (Å²) in [5, 5.41) is 14.8. The molecule has 0 radical (unpaired) electrons. The highest BCUT2D eigenvalue weighted by atomic mass is 79.9. The standard InChI is InChI=1S/C14H17BrN2O3/c15-10-5-1-2-6-11(10)17-14(20)13(19)16-8-9-4-3-7-12(9)18/h1-2,5-6,9,12,18H,3-4,7-8H2,(H,16,19)(H,17,20). The first-order valence-electron chi connectivity index (χ1n) is 6.59. The van der Waals surface area contributed by atoms with Gasteiger partial charge >= 0.3 is 11.8 Å². The summed E-state index contributed by atoms with van der Waals surface area (Å²) in [7, 11) is 0. The molecule has 6 heteroatoms. The molecule has 20 heavy (non-hydrogen) atoms. The van der Waals surface area contributed by atoms with Crippen molar-refractivity contribution >= 4 is 33.4 Å². The molecule has 1 aliphatic rings. The average molecular weight is 341 g/mol. The largest absolute Gasteiger partial charge is 0.393 e. The van der Waals surface area contributed by atoms with Gasteiger partial charge in [0.1, 0.15) is 0 Å². The molecule has 5 nitrogen and oxygen atoms in total. The van der Waals surface area contributed by atoms with E-state index in [9.17, 15) is 14.7 Å². The number of aliphatic hydroxyl groups excluding tert-OH is 1. The maximum absolute atomic E-state index is 11.7. The quantitative estimate of drug-likeness (QED) is 0.732. The smallest absolute Gasteiger partial charge is 0.313 e. The Morgan fingerprint density at radius 2 is 2.00 bits per heavy atom. The zero-order valence-electron chi connectivity index (χ0n) is 10.9. The van der Waals surface area contributed by atoms with Gasteiger partial charge in [-0.25, -0.2) is 0 Å². The number of halogens is 1. The minimum atomic E-state index is -0.704. The van der Waals surface area contributed by atoms with Crippen molar-refractivity contribution in [2.75, 3.05) is 11.9 Å². The molecule has 0 aliphatic heterocycles. The third-order valence-electron chi connectivity index (χ3n) is 3.47. The lowest BCUT2D eigenvalue weighted by Crippen LogP contribution is -2.39. The lowest BCUT2D eigenvalue weighted by molar-refractivity contribution is -0.136. The number of carbonyl (C=O) groups is 2. The summed E-state index contributed by atoms with van der Waals surface area (Å²) in [5.74, 6) is -1.33. The Balaban J connectivity index is 1.83. The summed E-state index contributed by atoms with van der Waals surface area (Å²) in [6.07, 6.45) is 2.24. The minimum Gasteiger partial charge on any atom is -0.393 e. The van der Waals surface area contributed by atoms with Crippen LogP contribution in [0.15, 0.2) is 28.7 Å². The van der Waals surface area contributed by atoms with Gasteiger partial charge in [-0.15, -0.1) is 0 Å². The van der Waals surface area contributed by atoms with Crippen LogP contribution in [0.25, 0.3) is 0 Å². The summed E-state index contributed by atoms with van der Waals surface area (Å²) in [6.45, 7) is 0.337. The lowest BCUT2D eigenvalue weighted by Gasteiger charge is -2.15. The number of anilines is 1. The number of hydrogen-bond donors (Lipinski definition) is 3. The Bertz CT molecular complexity index is 507. The van der Waals surface area contributed by atoms with Gasteiger partial charge in [-0.1, -0.05) is 18.6 Å². The van der Waals surface area contributed by atoms with Crippen LogP contribution in [0, 0.1) is 5.92 Å². The molecule has 2 rings (SSSR count). The highest BCUT2D eigenvalue weighted by molar-refractivity contribution is 9.10. The highest BCUT2D eigenvalue weighted by Gasteiger charge is 2.26. The summed E-state index contributed by atoms with van der Waals surface area (Å²) < 4.78 is 0.715. The third-order valence-corrected chi connectivity index (χ3v) is 4.16. The molecular weight excluding hydrogens is 324 g/mol. The van der Waals surface area contributed by atoms with Crippen LogP contribution >= 0.6 is 15.9 Å². The normalized spacial score (nSPS) is 21.5. The van der Waals surface area contributed by atoms with Gasteiger partial charge in [0, 0.05) is 16.9 Å². The third kappa shape index (κ3) is 3.80. The van der Waals surface area contributed by atoms with Gasteiger partial charge < -0.3 is 15.7 Å². The second-order valence-corrected chi connectivity index (χ2v) is 5.76. The molecular formula is C14H17BrN2O3. The second kappa shape index (κ2) is 6.85. The van der Waals surface area contributed by atoms with E-state index in [-0.39, 0.29) is 12.0 Å². The Morgan fingerprint density at radius 1 is 1.25 bits per heavy atom. The van der Waals surface area contributed by atoms with Gasteiger partial charge in [0.05, 0.1) is 11.8 Å². The summed E-state index contributed by atoms with van der Waals surface area (Å²) in [5.41, 5.74) is 0.550. The van der Waals surface area contributed by atoms with E-state index in [1.54, 1.807) is 18.2 Å². The monoisotopic (exact) mass is 340 g/mol. The molecule has 1 fully saturated rings. The van der Waals surface area contributed by atoms with Crippen molar-refractivity contribution in [3.05, 3.63) is 28.7 Å². The second-order valence-electron chi connectivity index (χ2n) is 4.90. The molecule has 2 amide bonds. The van der Waals surface area contributed by atoms with E-state index >= 15 is 0 Å². The van der Waals surface area contributed by atoms with Crippen LogP contribution in [0.3, 0.4) is 0 Å². The van der Waals surface area contributed by atoms with Crippen molar-refractivity contribution in [3.8, 4) is 0 Å². The molecule has 2 unspecified atom stereocenters. The fourth-order valence-corrected chi connectivity index (χ4v) is 2.69. The summed E-state index contributed by atoms with van der Waals surface area (Å²) in [6, 6.07) is 7.08. The number of hydrogen-bond acceptors (Lipinski definition) is 3. The molecule has 1 aromatic carbocycles. The first-order valence-corrected chi connectivity index (χ1v) is 7.39. The van der Waals surface area contributed by atoms with Crippen LogP contribution in [0.1, 0.15) is 19.3 Å². The Hall–Kier alpha value is -1.40. The lowest BCUT2D eigenvalue weighted by atomic mass is 10.1. The molecule has 0 saturated heterocycles. The number of para-hydroxylation sites is 1. The molecule has 2 atom stereocenters. The Morgan fingerprint density at radius 3 is 2.65 bits per heavy atom. The van der Waals surface area contributed by atoms with Crippen LogP contribution in [-0.2, 0) is 9.59 Å². The molecule has 1 saturated carbocycles. The predicted molar refractivity (Wildman–Crippen MR) is 79.1 cm³/mol. The van der Waals surface area contributed by atoms with Gasteiger partial charge in [-0.2, -0.15) is 0 Å². The number of benzene rings is 1. The van der Waals surface area contributed by atoms with Crippen molar-refractivity contribution in [1.29, 1.82) is 0 Å². The van der Waals surface area contributed by atoms with Crippen LogP contribution in [0.4, 0.5) is 5.69 Å². The molecule has 1 aliphatic carbocycles. The van der Waals surface area contributed by atoms with Gasteiger partial charge in [0.15, 0.2) is 0 Å². The fraction of sp³-hybridized carbons (Fsp3) is 0.429. The summed E-state index contributed by atoms with van der Waals surface area (Å²) >= 11 is 3.30. The number of nitrogens with one attached hydrogen (secondary N) is 2. The first kappa shape index (κ1) is 15.0. The number of amides is 2. The predicted octanol–water partition coefficient (Wildman–Crippen LogP) is 1.66. The number of rotatable bonds is 3. The van der Waals surface area contributed by atoms with Gasteiger partial charge in [0.2, 0.25) is 0 Å². The van der Waals surface area contributed by atoms with E-state index in [1.165, 1.54) is 0 Å². The van der Waals surface area contributed by atoms with E-state index in [2.05, 4.69) is 26.6 Å². The van der Waals surface area contributed by atoms with Crippen molar-refractivity contribution < 1.29 is 14.7 Å². The molecule has 3 N–H and O–H groups in total.